The fraction of sp³-hybridized carbons (Fsp3) is 0.100. The van der Waals surface area contributed by atoms with E-state index in [0.717, 1.165) is 0 Å². The van der Waals surface area contributed by atoms with Crippen LogP contribution in [0.1, 0.15) is 11.1 Å². The zero-order valence-corrected chi connectivity index (χ0v) is 7.86. The third kappa shape index (κ3) is 2.91. The summed E-state index contributed by atoms with van der Waals surface area (Å²) in [5.41, 5.74) is 6.27. The molecule has 0 saturated carbocycles. The lowest BCUT2D eigenvalue weighted by Crippen LogP contribution is -2.16. The Bertz CT molecular complexity index is 426. The number of carboxylic acids is 1. The van der Waals surface area contributed by atoms with Crippen LogP contribution in [0.5, 0.6) is 0 Å². The fourth-order valence-electron chi connectivity index (χ4n) is 1.11. The molecule has 78 valence electrons. The van der Waals surface area contributed by atoms with Gasteiger partial charge in [0, 0.05) is 12.0 Å². The van der Waals surface area contributed by atoms with Gasteiger partial charge >= 0.3 is 5.97 Å². The second kappa shape index (κ2) is 4.36. The summed E-state index contributed by atoms with van der Waals surface area (Å²) in [5, 5.41) is 15.6. The first-order valence-electron chi connectivity index (χ1n) is 4.20. The summed E-state index contributed by atoms with van der Waals surface area (Å²) in [6.45, 7) is 0. The van der Waals surface area contributed by atoms with E-state index in [1.54, 1.807) is 18.2 Å². The summed E-state index contributed by atoms with van der Waals surface area (Å²) in [4.78, 5) is 21.2. The molecule has 0 atom stereocenters. The van der Waals surface area contributed by atoms with Crippen LogP contribution in [0, 0.1) is 5.41 Å². The summed E-state index contributed by atoms with van der Waals surface area (Å²) in [7, 11) is 0. The molecular formula is C10H10N2O3. The zero-order valence-electron chi connectivity index (χ0n) is 7.86. The first-order chi connectivity index (χ1) is 7.00. The van der Waals surface area contributed by atoms with Gasteiger partial charge in [-0.2, -0.15) is 0 Å². The van der Waals surface area contributed by atoms with Crippen LogP contribution in [-0.2, 0) is 16.0 Å². The number of carboxylic acid groups (broad SMARTS) is 1. The van der Waals surface area contributed by atoms with E-state index in [1.807, 2.05) is 0 Å². The maximum absolute atomic E-state index is 10.9. The lowest BCUT2D eigenvalue weighted by atomic mass is 10.1. The van der Waals surface area contributed by atoms with Crippen molar-refractivity contribution in [3.05, 3.63) is 35.4 Å². The average Bonchev–Trinajstić information content (AvgIpc) is 2.18. The number of aliphatic carboxylic acids is 1. The molecule has 4 N–H and O–H groups in total. The molecule has 0 radical (unpaired) electrons. The molecule has 0 amide bonds. The van der Waals surface area contributed by atoms with E-state index < -0.39 is 11.8 Å². The molecule has 1 aromatic rings. The van der Waals surface area contributed by atoms with Crippen molar-refractivity contribution < 1.29 is 14.7 Å². The Morgan fingerprint density at radius 3 is 2.60 bits per heavy atom. The quantitative estimate of drug-likeness (QED) is 0.371. The van der Waals surface area contributed by atoms with Crippen molar-refractivity contribution in [1.82, 2.24) is 0 Å². The Labute approximate surface area is 86.0 Å². The van der Waals surface area contributed by atoms with Crippen LogP contribution in [0.15, 0.2) is 24.3 Å². The molecule has 0 spiro atoms. The molecule has 1 aromatic carbocycles. The maximum atomic E-state index is 10.9. The normalized spacial score (nSPS) is 9.60. The van der Waals surface area contributed by atoms with Gasteiger partial charge in [-0.3, -0.25) is 10.2 Å². The molecule has 0 aromatic heterocycles. The number of hydrogen-bond acceptors (Lipinski definition) is 3. The Kier molecular flexibility index (Phi) is 3.17. The number of nitrogen functional groups attached to an aromatic ring is 1. The van der Waals surface area contributed by atoms with Gasteiger partial charge in [0.05, 0.1) is 0 Å². The summed E-state index contributed by atoms with van der Waals surface area (Å²) in [5.74, 6) is -2.45. The monoisotopic (exact) mass is 206 g/mol. The lowest BCUT2D eigenvalue weighted by Gasteiger charge is -2.01. The summed E-state index contributed by atoms with van der Waals surface area (Å²) in [6, 6.07) is 6.40. The summed E-state index contributed by atoms with van der Waals surface area (Å²) < 4.78 is 0. The van der Waals surface area contributed by atoms with Gasteiger partial charge in [0.2, 0.25) is 5.78 Å². The predicted molar refractivity (Wildman–Crippen MR) is 53.8 cm³/mol. The molecule has 0 aliphatic heterocycles. The van der Waals surface area contributed by atoms with E-state index in [-0.39, 0.29) is 12.3 Å². The minimum absolute atomic E-state index is 0.111. The first kappa shape index (κ1) is 10.9. The maximum Gasteiger partial charge on any atom is 0.372 e. The average molecular weight is 206 g/mol. The minimum Gasteiger partial charge on any atom is -0.475 e. The van der Waals surface area contributed by atoms with Crippen molar-refractivity contribution in [2.45, 2.75) is 6.42 Å². The number of Topliss-reactive ketones (excluding diaryl/α,β-unsaturated/α-hetero) is 1. The van der Waals surface area contributed by atoms with Crippen molar-refractivity contribution in [3.8, 4) is 0 Å². The van der Waals surface area contributed by atoms with E-state index in [4.69, 9.17) is 16.2 Å². The highest BCUT2D eigenvalue weighted by molar-refractivity contribution is 6.33. The summed E-state index contributed by atoms with van der Waals surface area (Å²) in [6.07, 6.45) is -0.184. The standard InChI is InChI=1S/C10H10N2O3/c11-9(12)7-3-1-2-6(4-7)5-8(13)10(14)15/h1-4H,5H2,(H3,11,12)(H,14,15). The third-order valence-corrected chi connectivity index (χ3v) is 1.84. The number of nitrogens with one attached hydrogen (secondary N) is 1. The number of carbonyl (C=O) groups excluding carboxylic acids is 1. The topological polar surface area (TPSA) is 104 Å². The number of benzene rings is 1. The first-order valence-corrected chi connectivity index (χ1v) is 4.20. The second-order valence-corrected chi connectivity index (χ2v) is 3.02. The number of ketones is 1. The van der Waals surface area contributed by atoms with Gasteiger partial charge in [-0.1, -0.05) is 18.2 Å². The van der Waals surface area contributed by atoms with Crippen LogP contribution < -0.4 is 5.73 Å². The highest BCUT2D eigenvalue weighted by atomic mass is 16.4. The van der Waals surface area contributed by atoms with E-state index in [0.29, 0.717) is 11.1 Å². The SMILES string of the molecule is N=C(N)c1cccc(CC(=O)C(=O)O)c1. The number of hydrogen-bond donors (Lipinski definition) is 3. The van der Waals surface area contributed by atoms with Gasteiger partial charge in [0.15, 0.2) is 0 Å². The number of rotatable bonds is 4. The van der Waals surface area contributed by atoms with E-state index in [1.165, 1.54) is 6.07 Å². The van der Waals surface area contributed by atoms with Crippen molar-refractivity contribution in [2.24, 2.45) is 5.73 Å². The highest BCUT2D eigenvalue weighted by Gasteiger charge is 2.12. The van der Waals surface area contributed by atoms with Crippen molar-refractivity contribution >= 4 is 17.6 Å². The molecule has 15 heavy (non-hydrogen) atoms. The smallest absolute Gasteiger partial charge is 0.372 e. The van der Waals surface area contributed by atoms with E-state index in [2.05, 4.69) is 0 Å². The molecule has 0 unspecified atom stereocenters. The highest BCUT2D eigenvalue weighted by Crippen LogP contribution is 2.05. The number of carbonyl (C=O) groups is 2. The minimum atomic E-state index is -1.46. The molecule has 0 saturated heterocycles. The van der Waals surface area contributed by atoms with Gasteiger partial charge in [0.25, 0.3) is 0 Å². The molecule has 5 nitrogen and oxygen atoms in total. The Hall–Kier alpha value is -2.17. The van der Waals surface area contributed by atoms with Crippen LogP contribution in [0.2, 0.25) is 0 Å². The van der Waals surface area contributed by atoms with Crippen molar-refractivity contribution in [2.75, 3.05) is 0 Å². The van der Waals surface area contributed by atoms with Gasteiger partial charge in [-0.25, -0.2) is 4.79 Å². The molecule has 0 aliphatic carbocycles. The van der Waals surface area contributed by atoms with Crippen LogP contribution in [-0.4, -0.2) is 22.7 Å². The molecule has 1 rings (SSSR count). The summed E-state index contributed by atoms with van der Waals surface area (Å²) >= 11 is 0. The second-order valence-electron chi connectivity index (χ2n) is 3.02. The molecule has 0 bridgehead atoms. The molecule has 5 heteroatoms. The third-order valence-electron chi connectivity index (χ3n) is 1.84. The Morgan fingerprint density at radius 1 is 1.40 bits per heavy atom. The van der Waals surface area contributed by atoms with Gasteiger partial charge < -0.3 is 10.8 Å². The van der Waals surface area contributed by atoms with Crippen molar-refractivity contribution in [3.63, 3.8) is 0 Å². The zero-order chi connectivity index (χ0) is 11.4. The van der Waals surface area contributed by atoms with Crippen molar-refractivity contribution in [1.29, 1.82) is 5.41 Å². The van der Waals surface area contributed by atoms with Crippen LogP contribution in [0.3, 0.4) is 0 Å². The molecule has 0 fully saturated rings. The molecule has 0 heterocycles. The predicted octanol–water partition coefficient (Wildman–Crippen LogP) is 0.167. The Balaban J connectivity index is 2.87. The van der Waals surface area contributed by atoms with Crippen LogP contribution in [0.25, 0.3) is 0 Å². The van der Waals surface area contributed by atoms with E-state index in [9.17, 15) is 9.59 Å². The van der Waals surface area contributed by atoms with Crippen LogP contribution >= 0.6 is 0 Å². The fourth-order valence-corrected chi connectivity index (χ4v) is 1.11. The number of amidine groups is 1. The lowest BCUT2D eigenvalue weighted by molar-refractivity contribution is -0.148. The Morgan fingerprint density at radius 2 is 2.07 bits per heavy atom. The number of nitrogens with two attached hydrogens (primary N) is 1. The molecule has 0 aliphatic rings. The van der Waals surface area contributed by atoms with Crippen LogP contribution in [0.4, 0.5) is 0 Å². The molecular weight excluding hydrogens is 196 g/mol. The van der Waals surface area contributed by atoms with E-state index >= 15 is 0 Å². The van der Waals surface area contributed by atoms with Gasteiger partial charge in [-0.15, -0.1) is 0 Å². The van der Waals surface area contributed by atoms with Gasteiger partial charge in [-0.05, 0) is 11.6 Å². The largest absolute Gasteiger partial charge is 0.475 e. The van der Waals surface area contributed by atoms with Gasteiger partial charge in [0.1, 0.15) is 5.84 Å².